The van der Waals surface area contributed by atoms with Crippen LogP contribution in [0.5, 0.6) is 0 Å². The van der Waals surface area contributed by atoms with Crippen molar-refractivity contribution < 1.29 is 14.0 Å². The molecule has 0 bridgehead atoms. The average Bonchev–Trinajstić information content (AvgIpc) is 2.71. The van der Waals surface area contributed by atoms with Gasteiger partial charge in [0.05, 0.1) is 5.75 Å². The molecule has 1 N–H and O–H groups in total. The highest BCUT2D eigenvalue weighted by Gasteiger charge is 2.25. The second-order valence-corrected chi connectivity index (χ2v) is 7.58. The van der Waals surface area contributed by atoms with E-state index in [2.05, 4.69) is 5.32 Å². The van der Waals surface area contributed by atoms with Gasteiger partial charge in [-0.1, -0.05) is 49.4 Å². The van der Waals surface area contributed by atoms with Crippen LogP contribution in [-0.4, -0.2) is 35.1 Å². The standard InChI is InChI=1S/C22H27FN2O2S/c1-3-13-24-22(27)17(2)25(14-18-7-5-4-6-8-18)21(26)16-28-15-19-9-11-20(23)12-10-19/h4-12,17H,3,13-16H2,1-2H3,(H,24,27)/t17-/m0/s1. The zero-order valence-electron chi connectivity index (χ0n) is 16.4. The highest BCUT2D eigenvalue weighted by atomic mass is 32.2. The van der Waals surface area contributed by atoms with E-state index in [4.69, 9.17) is 0 Å². The number of rotatable bonds is 10. The molecule has 2 rings (SSSR count). The lowest BCUT2D eigenvalue weighted by Crippen LogP contribution is -2.48. The molecule has 0 aliphatic rings. The number of benzene rings is 2. The van der Waals surface area contributed by atoms with Crippen LogP contribution < -0.4 is 5.32 Å². The molecule has 0 saturated carbocycles. The van der Waals surface area contributed by atoms with Gasteiger partial charge in [0.15, 0.2) is 0 Å². The van der Waals surface area contributed by atoms with Gasteiger partial charge in [-0.15, -0.1) is 11.8 Å². The van der Waals surface area contributed by atoms with Crippen molar-refractivity contribution in [3.63, 3.8) is 0 Å². The van der Waals surface area contributed by atoms with E-state index in [0.717, 1.165) is 17.5 Å². The van der Waals surface area contributed by atoms with Crippen LogP contribution in [0.15, 0.2) is 54.6 Å². The fraction of sp³-hybridized carbons (Fsp3) is 0.364. The van der Waals surface area contributed by atoms with Crippen molar-refractivity contribution in [1.82, 2.24) is 10.2 Å². The summed E-state index contributed by atoms with van der Waals surface area (Å²) in [4.78, 5) is 26.9. The molecule has 0 heterocycles. The third kappa shape index (κ3) is 7.00. The Kier molecular flexibility index (Phi) is 9.01. The fourth-order valence-corrected chi connectivity index (χ4v) is 3.55. The Balaban J connectivity index is 2.00. The quantitative estimate of drug-likeness (QED) is 0.653. The minimum absolute atomic E-state index is 0.0879. The fourth-order valence-electron chi connectivity index (χ4n) is 2.68. The van der Waals surface area contributed by atoms with Crippen LogP contribution in [0.1, 0.15) is 31.4 Å². The first-order valence-electron chi connectivity index (χ1n) is 9.44. The van der Waals surface area contributed by atoms with Gasteiger partial charge in [-0.3, -0.25) is 9.59 Å². The number of hydrogen-bond acceptors (Lipinski definition) is 3. The summed E-state index contributed by atoms with van der Waals surface area (Å²) in [5, 5.41) is 2.87. The minimum atomic E-state index is -0.550. The zero-order chi connectivity index (χ0) is 20.4. The maximum Gasteiger partial charge on any atom is 0.242 e. The molecular weight excluding hydrogens is 375 g/mol. The van der Waals surface area contributed by atoms with E-state index in [-0.39, 0.29) is 23.4 Å². The molecule has 0 unspecified atom stereocenters. The van der Waals surface area contributed by atoms with Gasteiger partial charge in [0.1, 0.15) is 11.9 Å². The molecule has 2 amide bonds. The van der Waals surface area contributed by atoms with E-state index in [9.17, 15) is 14.0 Å². The van der Waals surface area contributed by atoms with Crippen LogP contribution in [-0.2, 0) is 21.9 Å². The molecule has 2 aromatic rings. The summed E-state index contributed by atoms with van der Waals surface area (Å²) < 4.78 is 13.0. The predicted molar refractivity (Wildman–Crippen MR) is 112 cm³/mol. The van der Waals surface area contributed by atoms with Gasteiger partial charge in [-0.2, -0.15) is 0 Å². The molecule has 0 spiro atoms. The Morgan fingerprint density at radius 2 is 1.75 bits per heavy atom. The highest BCUT2D eigenvalue weighted by Crippen LogP contribution is 2.16. The molecule has 0 aliphatic carbocycles. The minimum Gasteiger partial charge on any atom is -0.354 e. The van der Waals surface area contributed by atoms with Gasteiger partial charge >= 0.3 is 0 Å². The van der Waals surface area contributed by atoms with Crippen LogP contribution in [0.2, 0.25) is 0 Å². The number of carbonyl (C=O) groups is 2. The number of thioether (sulfide) groups is 1. The van der Waals surface area contributed by atoms with Crippen molar-refractivity contribution >= 4 is 23.6 Å². The number of nitrogens with zero attached hydrogens (tertiary/aromatic N) is 1. The van der Waals surface area contributed by atoms with Gasteiger partial charge in [0, 0.05) is 18.8 Å². The largest absolute Gasteiger partial charge is 0.354 e. The van der Waals surface area contributed by atoms with E-state index >= 15 is 0 Å². The molecule has 0 radical (unpaired) electrons. The number of hydrogen-bond donors (Lipinski definition) is 1. The monoisotopic (exact) mass is 402 g/mol. The first-order chi connectivity index (χ1) is 13.5. The zero-order valence-corrected chi connectivity index (χ0v) is 17.2. The number of halogens is 1. The predicted octanol–water partition coefficient (Wildman–Crippen LogP) is 4.00. The highest BCUT2D eigenvalue weighted by molar-refractivity contribution is 7.99. The van der Waals surface area contributed by atoms with E-state index < -0.39 is 6.04 Å². The van der Waals surface area contributed by atoms with Crippen molar-refractivity contribution in [3.8, 4) is 0 Å². The summed E-state index contributed by atoms with van der Waals surface area (Å²) in [6.07, 6.45) is 0.846. The maximum atomic E-state index is 13.0. The first kappa shape index (κ1) is 22.0. The van der Waals surface area contributed by atoms with Crippen LogP contribution in [0.25, 0.3) is 0 Å². The summed E-state index contributed by atoms with van der Waals surface area (Å²) in [6, 6.07) is 15.4. The number of nitrogens with one attached hydrogen (secondary N) is 1. The van der Waals surface area contributed by atoms with Gasteiger partial charge in [0.2, 0.25) is 11.8 Å². The molecule has 4 nitrogen and oxygen atoms in total. The average molecular weight is 403 g/mol. The Hall–Kier alpha value is -2.34. The Morgan fingerprint density at radius 3 is 2.39 bits per heavy atom. The van der Waals surface area contributed by atoms with E-state index in [1.54, 1.807) is 24.0 Å². The molecule has 28 heavy (non-hydrogen) atoms. The lowest BCUT2D eigenvalue weighted by Gasteiger charge is -2.28. The maximum absolute atomic E-state index is 13.0. The Morgan fingerprint density at radius 1 is 1.07 bits per heavy atom. The smallest absolute Gasteiger partial charge is 0.242 e. The first-order valence-corrected chi connectivity index (χ1v) is 10.6. The third-order valence-electron chi connectivity index (χ3n) is 4.32. The summed E-state index contributed by atoms with van der Waals surface area (Å²) in [5.41, 5.74) is 1.94. The number of amides is 2. The van der Waals surface area contributed by atoms with Gasteiger partial charge in [0.25, 0.3) is 0 Å². The molecule has 6 heteroatoms. The van der Waals surface area contributed by atoms with Gasteiger partial charge < -0.3 is 10.2 Å². The van der Waals surface area contributed by atoms with Crippen molar-refractivity contribution in [2.24, 2.45) is 0 Å². The second kappa shape index (κ2) is 11.5. The molecule has 150 valence electrons. The van der Waals surface area contributed by atoms with Crippen molar-refractivity contribution in [3.05, 3.63) is 71.5 Å². The molecule has 0 aromatic heterocycles. The summed E-state index contributed by atoms with van der Waals surface area (Å²) in [7, 11) is 0. The van der Waals surface area contributed by atoms with E-state index in [0.29, 0.717) is 18.8 Å². The number of carbonyl (C=O) groups excluding carboxylic acids is 2. The van der Waals surface area contributed by atoms with Crippen LogP contribution in [0.3, 0.4) is 0 Å². The Labute approximate surface area is 170 Å². The second-order valence-electron chi connectivity index (χ2n) is 6.59. The molecule has 0 aliphatic heterocycles. The van der Waals surface area contributed by atoms with Crippen molar-refractivity contribution in [1.29, 1.82) is 0 Å². The normalized spacial score (nSPS) is 11.7. The van der Waals surface area contributed by atoms with E-state index in [1.807, 2.05) is 37.3 Å². The van der Waals surface area contributed by atoms with Crippen LogP contribution in [0, 0.1) is 5.82 Å². The molecule has 0 saturated heterocycles. The summed E-state index contributed by atoms with van der Waals surface area (Å²) >= 11 is 1.46. The molecular formula is C22H27FN2O2S. The van der Waals surface area contributed by atoms with Gasteiger partial charge in [-0.25, -0.2) is 4.39 Å². The SMILES string of the molecule is CCCNC(=O)[C@H](C)N(Cc1ccccc1)C(=O)CSCc1ccc(F)cc1. The lowest BCUT2D eigenvalue weighted by atomic mass is 10.1. The van der Waals surface area contributed by atoms with Gasteiger partial charge in [-0.05, 0) is 36.6 Å². The molecule has 2 aromatic carbocycles. The lowest BCUT2D eigenvalue weighted by molar-refractivity contribution is -0.138. The van der Waals surface area contributed by atoms with E-state index in [1.165, 1.54) is 23.9 Å². The molecule has 0 fully saturated rings. The van der Waals surface area contributed by atoms with Crippen LogP contribution >= 0.6 is 11.8 Å². The summed E-state index contributed by atoms with van der Waals surface area (Å²) in [6.45, 7) is 4.73. The Bertz CT molecular complexity index is 753. The van der Waals surface area contributed by atoms with Crippen LogP contribution in [0.4, 0.5) is 4.39 Å². The molecule has 1 atom stereocenters. The summed E-state index contributed by atoms with van der Waals surface area (Å²) in [5.74, 6) is 0.368. The van der Waals surface area contributed by atoms with Crippen molar-refractivity contribution in [2.75, 3.05) is 12.3 Å². The topological polar surface area (TPSA) is 49.4 Å². The third-order valence-corrected chi connectivity index (χ3v) is 5.31. The van der Waals surface area contributed by atoms with Crippen molar-refractivity contribution in [2.45, 2.75) is 38.6 Å².